The van der Waals surface area contributed by atoms with Crippen LogP contribution in [0, 0.1) is 0 Å². The Labute approximate surface area is 563 Å². The third kappa shape index (κ3) is 45.5. The number of amides is 1. The SMILES string of the molecule is CCCCCCC/C=C\C/C=C\CCCCCCCCCCCCCCCCCC(=O)NC(COC1OC(CO)C(OC2OC(CO)C(O)C(O)C2O)C(O)C1O)C(O)/C=C/CC/C=C/CCCCCCCCCCCCCCCCCCCCCCCCCCC. The lowest BCUT2D eigenvalue weighted by Crippen LogP contribution is -2.65. The van der Waals surface area contributed by atoms with Gasteiger partial charge in [0.2, 0.25) is 5.91 Å². The predicted molar refractivity (Wildman–Crippen MR) is 378 cm³/mol. The van der Waals surface area contributed by atoms with Crippen molar-refractivity contribution in [3.8, 4) is 0 Å². The predicted octanol–water partition coefficient (Wildman–Crippen LogP) is 17.0. The molecule has 14 heteroatoms. The number of aliphatic hydroxyl groups excluding tert-OH is 8. The van der Waals surface area contributed by atoms with Crippen LogP contribution in [0.15, 0.2) is 48.6 Å². The summed E-state index contributed by atoms with van der Waals surface area (Å²) < 4.78 is 22.9. The van der Waals surface area contributed by atoms with Crippen molar-refractivity contribution in [2.75, 3.05) is 19.8 Å². The van der Waals surface area contributed by atoms with E-state index in [1.165, 1.54) is 276 Å². The summed E-state index contributed by atoms with van der Waals surface area (Å²) in [6.07, 6.45) is 66.2. The number of nitrogens with one attached hydrogen (secondary N) is 1. The molecule has 2 aliphatic rings. The van der Waals surface area contributed by atoms with Crippen LogP contribution in [0.2, 0.25) is 0 Å². The fraction of sp³-hybridized carbons (Fsp3) is 0.885. The Kier molecular flexibility index (Phi) is 58.4. The van der Waals surface area contributed by atoms with E-state index in [0.29, 0.717) is 12.8 Å². The van der Waals surface area contributed by atoms with Crippen molar-refractivity contribution in [1.82, 2.24) is 5.32 Å². The molecule has 0 aliphatic carbocycles. The van der Waals surface area contributed by atoms with E-state index in [2.05, 4.69) is 55.6 Å². The molecule has 2 fully saturated rings. The van der Waals surface area contributed by atoms with Crippen LogP contribution >= 0.6 is 0 Å². The first-order valence-electron chi connectivity index (χ1n) is 38.9. The third-order valence-corrected chi connectivity index (χ3v) is 19.0. The molecular formula is C78H145NO13. The molecule has 0 aromatic rings. The summed E-state index contributed by atoms with van der Waals surface area (Å²) >= 11 is 0. The molecule has 9 N–H and O–H groups in total. The van der Waals surface area contributed by atoms with E-state index < -0.39 is 86.8 Å². The largest absolute Gasteiger partial charge is 0.394 e. The van der Waals surface area contributed by atoms with Gasteiger partial charge in [0.15, 0.2) is 12.6 Å². The molecule has 14 nitrogen and oxygen atoms in total. The van der Waals surface area contributed by atoms with E-state index in [1.807, 2.05) is 6.08 Å². The van der Waals surface area contributed by atoms with Gasteiger partial charge < -0.3 is 65.1 Å². The molecule has 0 aromatic heterocycles. The van der Waals surface area contributed by atoms with Crippen molar-refractivity contribution in [2.45, 2.75) is 421 Å². The van der Waals surface area contributed by atoms with Gasteiger partial charge in [-0.25, -0.2) is 0 Å². The molecule has 12 unspecified atom stereocenters. The number of carbonyl (C=O) groups is 1. The maximum absolute atomic E-state index is 13.4. The van der Waals surface area contributed by atoms with E-state index in [4.69, 9.17) is 18.9 Å². The summed E-state index contributed by atoms with van der Waals surface area (Å²) in [4.78, 5) is 13.4. The number of rotatable bonds is 65. The number of carbonyl (C=O) groups excluding carboxylic acids is 1. The van der Waals surface area contributed by atoms with Gasteiger partial charge in [0.25, 0.3) is 0 Å². The Morgan fingerprint density at radius 3 is 1.13 bits per heavy atom. The first-order valence-corrected chi connectivity index (χ1v) is 38.9. The second kappa shape index (κ2) is 62.5. The zero-order valence-electron chi connectivity index (χ0n) is 59.1. The van der Waals surface area contributed by atoms with Crippen molar-refractivity contribution in [1.29, 1.82) is 0 Å². The van der Waals surface area contributed by atoms with Crippen molar-refractivity contribution < 1.29 is 64.6 Å². The van der Waals surface area contributed by atoms with Gasteiger partial charge in [-0.15, -0.1) is 0 Å². The van der Waals surface area contributed by atoms with E-state index in [-0.39, 0.29) is 18.9 Å². The van der Waals surface area contributed by atoms with Gasteiger partial charge in [-0.3, -0.25) is 4.79 Å². The molecule has 2 heterocycles. The summed E-state index contributed by atoms with van der Waals surface area (Å²) in [6.45, 7) is 2.83. The van der Waals surface area contributed by atoms with Crippen molar-refractivity contribution in [2.24, 2.45) is 0 Å². The van der Waals surface area contributed by atoms with Gasteiger partial charge in [0.1, 0.15) is 48.8 Å². The Morgan fingerprint density at radius 2 is 0.728 bits per heavy atom. The lowest BCUT2D eigenvalue weighted by Gasteiger charge is -2.46. The van der Waals surface area contributed by atoms with Gasteiger partial charge in [0, 0.05) is 6.42 Å². The van der Waals surface area contributed by atoms with Gasteiger partial charge in [-0.05, 0) is 64.2 Å². The Balaban J connectivity index is 1.65. The second-order valence-electron chi connectivity index (χ2n) is 27.5. The highest BCUT2D eigenvalue weighted by Crippen LogP contribution is 2.30. The number of aliphatic hydroxyl groups is 8. The highest BCUT2D eigenvalue weighted by Gasteiger charge is 2.51. The minimum atomic E-state index is -1.79. The average Bonchev–Trinajstić information content (AvgIpc) is 0.882. The average molecular weight is 1310 g/mol. The van der Waals surface area contributed by atoms with E-state index >= 15 is 0 Å². The maximum atomic E-state index is 13.4. The summed E-state index contributed by atoms with van der Waals surface area (Å²) in [5.74, 6) is -0.245. The first kappa shape index (κ1) is 86.0. The Hall–Kier alpha value is -2.05. The fourth-order valence-electron chi connectivity index (χ4n) is 12.8. The molecule has 2 rings (SSSR count). The van der Waals surface area contributed by atoms with Gasteiger partial charge in [-0.2, -0.15) is 0 Å². The standard InChI is InChI=1S/C78H145NO13/c1-3-5-7-9-11-13-15-17-19-21-23-25-27-29-31-32-33-34-36-37-39-41-43-45-47-49-51-53-55-57-59-61-67(82)66(65-89-77-75(88)73(86)76(69(64-81)91-77)92-78-74(87)72(85)71(84)68(63-80)90-78)79-70(83)62-60-58-56-54-52-50-48-46-44-42-40-38-35-30-28-26-24-22-20-18-16-14-12-10-8-6-4-2/h16,18,22,24,51,53,59,61,66-69,71-78,80-82,84-88H,3-15,17,19-21,23,25-50,52,54-58,60,62-65H2,1-2H3,(H,79,83)/b18-16-,24-22-,53-51+,61-59+. The molecule has 1 amide bonds. The Bertz CT molecular complexity index is 1730. The van der Waals surface area contributed by atoms with Crippen LogP contribution in [-0.2, 0) is 23.7 Å². The highest BCUT2D eigenvalue weighted by molar-refractivity contribution is 5.76. The van der Waals surface area contributed by atoms with Crippen LogP contribution in [0.1, 0.15) is 348 Å². The quantitative estimate of drug-likeness (QED) is 0.0204. The van der Waals surface area contributed by atoms with Crippen LogP contribution in [-0.4, -0.2) is 140 Å². The zero-order valence-corrected chi connectivity index (χ0v) is 59.1. The Morgan fingerprint density at radius 1 is 0.391 bits per heavy atom. The number of unbranched alkanes of at least 4 members (excludes halogenated alkanes) is 46. The monoisotopic (exact) mass is 1300 g/mol. The van der Waals surface area contributed by atoms with Gasteiger partial charge in [0.05, 0.1) is 32.0 Å². The summed E-state index contributed by atoms with van der Waals surface area (Å²) in [5, 5.41) is 87.6. The molecule has 2 saturated heterocycles. The number of ether oxygens (including phenoxy) is 4. The fourth-order valence-corrected chi connectivity index (χ4v) is 12.8. The molecule has 540 valence electrons. The summed E-state index contributed by atoms with van der Waals surface area (Å²) in [5.41, 5.74) is 0. The molecule has 0 saturated carbocycles. The van der Waals surface area contributed by atoms with Crippen molar-refractivity contribution in [3.05, 3.63) is 48.6 Å². The van der Waals surface area contributed by atoms with Crippen molar-refractivity contribution >= 4 is 5.91 Å². The topological polar surface area (TPSA) is 228 Å². The molecule has 0 spiro atoms. The smallest absolute Gasteiger partial charge is 0.220 e. The molecule has 0 bridgehead atoms. The summed E-state index contributed by atoms with van der Waals surface area (Å²) in [6, 6.07) is -0.934. The normalized spacial score (nSPS) is 22.9. The number of hydrogen-bond acceptors (Lipinski definition) is 13. The van der Waals surface area contributed by atoms with E-state index in [0.717, 1.165) is 38.5 Å². The first-order chi connectivity index (χ1) is 45.1. The molecular weight excluding hydrogens is 1160 g/mol. The van der Waals surface area contributed by atoms with Crippen LogP contribution in [0.4, 0.5) is 0 Å². The lowest BCUT2D eigenvalue weighted by molar-refractivity contribution is -0.359. The molecule has 92 heavy (non-hydrogen) atoms. The van der Waals surface area contributed by atoms with Crippen LogP contribution < -0.4 is 5.32 Å². The van der Waals surface area contributed by atoms with Crippen molar-refractivity contribution in [3.63, 3.8) is 0 Å². The van der Waals surface area contributed by atoms with Crippen LogP contribution in [0.25, 0.3) is 0 Å². The van der Waals surface area contributed by atoms with E-state index in [9.17, 15) is 45.6 Å². The number of hydrogen-bond donors (Lipinski definition) is 9. The second-order valence-corrected chi connectivity index (χ2v) is 27.5. The van der Waals surface area contributed by atoms with Gasteiger partial charge >= 0.3 is 0 Å². The zero-order chi connectivity index (χ0) is 66.6. The minimum Gasteiger partial charge on any atom is -0.394 e. The summed E-state index contributed by atoms with van der Waals surface area (Å²) in [7, 11) is 0. The molecule has 2 aliphatic heterocycles. The maximum Gasteiger partial charge on any atom is 0.220 e. The minimum absolute atomic E-state index is 0.245. The van der Waals surface area contributed by atoms with Gasteiger partial charge in [-0.1, -0.05) is 326 Å². The van der Waals surface area contributed by atoms with E-state index in [1.54, 1.807) is 6.08 Å². The third-order valence-electron chi connectivity index (χ3n) is 19.0. The lowest BCUT2D eigenvalue weighted by atomic mass is 9.97. The van der Waals surface area contributed by atoms with Crippen LogP contribution in [0.5, 0.6) is 0 Å². The number of allylic oxidation sites excluding steroid dienone is 7. The molecule has 0 aromatic carbocycles. The molecule has 12 atom stereocenters. The molecule has 0 radical (unpaired) electrons. The van der Waals surface area contributed by atoms with Crippen LogP contribution in [0.3, 0.4) is 0 Å². The highest BCUT2D eigenvalue weighted by atomic mass is 16.7.